The normalized spacial score (nSPS) is 12.0. The molecule has 1 N–H and O–H groups in total. The van der Waals surface area contributed by atoms with Gasteiger partial charge in [0.15, 0.2) is 0 Å². The summed E-state index contributed by atoms with van der Waals surface area (Å²) in [5, 5.41) is 13.8. The third-order valence-corrected chi connectivity index (χ3v) is 5.16. The monoisotopic (exact) mass is 372 g/mol. The minimum absolute atomic E-state index is 0.0362. The first-order valence-corrected chi connectivity index (χ1v) is 9.64. The number of non-ortho nitro benzene ring substituents is 1. The molecule has 1 amide bonds. The number of carbonyl (C=O) groups is 1. The predicted molar refractivity (Wildman–Crippen MR) is 105 cm³/mol. The maximum absolute atomic E-state index is 12.4. The average Bonchev–Trinajstić information content (AvgIpc) is 2.64. The standard InChI is InChI=1S/C20H24N2O3S/c1-4-15-5-7-16(8-6-15)20(14(2)3)21-19(23)13-26-18-11-9-17(10-12-18)22(24)25/h5-12,14,20H,4,13H2,1-3H3,(H,21,23). The third-order valence-electron chi connectivity index (χ3n) is 4.15. The van der Waals surface area contributed by atoms with Crippen LogP contribution in [0.15, 0.2) is 53.4 Å². The fourth-order valence-electron chi connectivity index (χ4n) is 2.62. The first-order chi connectivity index (χ1) is 12.4. The summed E-state index contributed by atoms with van der Waals surface area (Å²) in [7, 11) is 0. The highest BCUT2D eigenvalue weighted by molar-refractivity contribution is 8.00. The topological polar surface area (TPSA) is 72.2 Å². The molecule has 2 aromatic rings. The quantitative estimate of drug-likeness (QED) is 0.412. The summed E-state index contributed by atoms with van der Waals surface area (Å²) in [6, 6.07) is 14.6. The average molecular weight is 372 g/mol. The number of hydrogen-bond acceptors (Lipinski definition) is 4. The molecule has 0 bridgehead atoms. The largest absolute Gasteiger partial charge is 0.348 e. The Hall–Kier alpha value is -2.34. The van der Waals surface area contributed by atoms with Crippen LogP contribution in [0, 0.1) is 16.0 Å². The van der Waals surface area contributed by atoms with Gasteiger partial charge in [0.2, 0.25) is 5.91 Å². The highest BCUT2D eigenvalue weighted by Gasteiger charge is 2.18. The molecule has 0 radical (unpaired) electrons. The van der Waals surface area contributed by atoms with Crippen molar-refractivity contribution in [1.82, 2.24) is 5.32 Å². The van der Waals surface area contributed by atoms with Crippen LogP contribution >= 0.6 is 11.8 Å². The molecule has 0 aromatic heterocycles. The van der Waals surface area contributed by atoms with Gasteiger partial charge in [0.1, 0.15) is 0 Å². The molecule has 0 spiro atoms. The zero-order valence-corrected chi connectivity index (χ0v) is 16.1. The summed E-state index contributed by atoms with van der Waals surface area (Å²) in [5.74, 6) is 0.496. The van der Waals surface area contributed by atoms with Crippen molar-refractivity contribution in [3.8, 4) is 0 Å². The Morgan fingerprint density at radius 1 is 1.12 bits per heavy atom. The summed E-state index contributed by atoms with van der Waals surface area (Å²) in [4.78, 5) is 23.4. The van der Waals surface area contributed by atoms with E-state index in [1.165, 1.54) is 29.5 Å². The summed E-state index contributed by atoms with van der Waals surface area (Å²) >= 11 is 1.37. The van der Waals surface area contributed by atoms with E-state index in [2.05, 4.69) is 50.4 Å². The lowest BCUT2D eigenvalue weighted by molar-refractivity contribution is -0.384. The molecule has 5 nitrogen and oxygen atoms in total. The van der Waals surface area contributed by atoms with Crippen LogP contribution in [0.5, 0.6) is 0 Å². The number of nitrogens with zero attached hydrogens (tertiary/aromatic N) is 1. The van der Waals surface area contributed by atoms with Crippen LogP contribution < -0.4 is 5.32 Å². The fourth-order valence-corrected chi connectivity index (χ4v) is 3.33. The van der Waals surface area contributed by atoms with E-state index < -0.39 is 4.92 Å². The van der Waals surface area contributed by atoms with E-state index >= 15 is 0 Å². The number of amides is 1. The van der Waals surface area contributed by atoms with E-state index in [0.717, 1.165) is 16.9 Å². The molecule has 0 fully saturated rings. The van der Waals surface area contributed by atoms with Gasteiger partial charge >= 0.3 is 0 Å². The highest BCUT2D eigenvalue weighted by Crippen LogP contribution is 2.24. The molecular weight excluding hydrogens is 348 g/mol. The van der Waals surface area contributed by atoms with Crippen molar-refractivity contribution in [3.05, 3.63) is 69.8 Å². The van der Waals surface area contributed by atoms with Crippen LogP contribution in [0.4, 0.5) is 5.69 Å². The van der Waals surface area contributed by atoms with E-state index in [1.807, 2.05) is 0 Å². The van der Waals surface area contributed by atoms with Gasteiger partial charge in [-0.15, -0.1) is 11.8 Å². The maximum Gasteiger partial charge on any atom is 0.269 e. The lowest BCUT2D eigenvalue weighted by Crippen LogP contribution is -2.33. The van der Waals surface area contributed by atoms with Crippen LogP contribution in [-0.4, -0.2) is 16.6 Å². The molecule has 2 aromatic carbocycles. The molecule has 0 saturated heterocycles. The molecule has 1 atom stereocenters. The number of carbonyl (C=O) groups excluding carboxylic acids is 1. The minimum Gasteiger partial charge on any atom is -0.348 e. The fraction of sp³-hybridized carbons (Fsp3) is 0.350. The van der Waals surface area contributed by atoms with Crippen LogP contribution in [0.1, 0.15) is 37.9 Å². The van der Waals surface area contributed by atoms with Crippen molar-refractivity contribution in [2.45, 2.75) is 38.1 Å². The molecule has 6 heteroatoms. The Labute approximate surface area is 158 Å². The molecule has 0 aliphatic carbocycles. The van der Waals surface area contributed by atoms with Gasteiger partial charge in [-0.25, -0.2) is 0 Å². The third kappa shape index (κ3) is 5.59. The number of aryl methyl sites for hydroxylation is 1. The molecule has 0 aliphatic heterocycles. The van der Waals surface area contributed by atoms with Gasteiger partial charge in [-0.3, -0.25) is 14.9 Å². The first-order valence-electron chi connectivity index (χ1n) is 8.66. The smallest absolute Gasteiger partial charge is 0.269 e. The number of nitro benzene ring substituents is 1. The summed E-state index contributed by atoms with van der Waals surface area (Å²) in [5.41, 5.74) is 2.43. The summed E-state index contributed by atoms with van der Waals surface area (Å²) in [6.07, 6.45) is 0.991. The van der Waals surface area contributed by atoms with Gasteiger partial charge in [-0.1, -0.05) is 45.0 Å². The van der Waals surface area contributed by atoms with E-state index in [-0.39, 0.29) is 29.3 Å². The Balaban J connectivity index is 1.95. The van der Waals surface area contributed by atoms with Crippen molar-refractivity contribution in [3.63, 3.8) is 0 Å². The predicted octanol–water partition coefficient (Wildman–Crippen LogP) is 4.76. The Kier molecular flexibility index (Phi) is 7.21. The van der Waals surface area contributed by atoms with Crippen molar-refractivity contribution < 1.29 is 9.72 Å². The molecule has 138 valence electrons. The number of thioether (sulfide) groups is 1. The van der Waals surface area contributed by atoms with Gasteiger partial charge in [0.05, 0.1) is 16.7 Å². The molecule has 2 rings (SSSR count). The van der Waals surface area contributed by atoms with Gasteiger partial charge < -0.3 is 5.32 Å². The molecule has 0 heterocycles. The van der Waals surface area contributed by atoms with Crippen molar-refractivity contribution in [2.24, 2.45) is 5.92 Å². The van der Waals surface area contributed by atoms with E-state index in [4.69, 9.17) is 0 Å². The zero-order chi connectivity index (χ0) is 19.1. The highest BCUT2D eigenvalue weighted by atomic mass is 32.2. The van der Waals surface area contributed by atoms with E-state index in [1.54, 1.807) is 12.1 Å². The summed E-state index contributed by atoms with van der Waals surface area (Å²) in [6.45, 7) is 6.29. The second kappa shape index (κ2) is 9.38. The molecular formula is C20H24N2O3S. The second-order valence-corrected chi connectivity index (χ2v) is 7.47. The molecule has 0 aliphatic rings. The molecule has 26 heavy (non-hydrogen) atoms. The number of nitro groups is 1. The molecule has 0 saturated carbocycles. The van der Waals surface area contributed by atoms with Gasteiger partial charge in [-0.05, 0) is 35.6 Å². The van der Waals surface area contributed by atoms with Gasteiger partial charge in [-0.2, -0.15) is 0 Å². The minimum atomic E-state index is -0.432. The van der Waals surface area contributed by atoms with Crippen molar-refractivity contribution in [1.29, 1.82) is 0 Å². The zero-order valence-electron chi connectivity index (χ0n) is 15.3. The number of hydrogen-bond donors (Lipinski definition) is 1. The Morgan fingerprint density at radius 2 is 1.73 bits per heavy atom. The number of nitrogens with one attached hydrogen (secondary N) is 1. The summed E-state index contributed by atoms with van der Waals surface area (Å²) < 4.78 is 0. The van der Waals surface area contributed by atoms with Gasteiger partial charge in [0, 0.05) is 17.0 Å². The van der Waals surface area contributed by atoms with Gasteiger partial charge in [0.25, 0.3) is 5.69 Å². The lowest BCUT2D eigenvalue weighted by Gasteiger charge is -2.23. The number of benzene rings is 2. The van der Waals surface area contributed by atoms with Crippen LogP contribution in [0.2, 0.25) is 0 Å². The van der Waals surface area contributed by atoms with E-state index in [9.17, 15) is 14.9 Å². The first kappa shape index (κ1) is 20.0. The van der Waals surface area contributed by atoms with Crippen LogP contribution in [0.25, 0.3) is 0 Å². The number of rotatable bonds is 8. The van der Waals surface area contributed by atoms with Crippen molar-refractivity contribution >= 4 is 23.4 Å². The second-order valence-electron chi connectivity index (χ2n) is 6.42. The lowest BCUT2D eigenvalue weighted by atomic mass is 9.95. The van der Waals surface area contributed by atoms with Crippen molar-refractivity contribution in [2.75, 3.05) is 5.75 Å². The SMILES string of the molecule is CCc1ccc(C(NC(=O)CSc2ccc([N+](=O)[O-])cc2)C(C)C)cc1. The Bertz CT molecular complexity index is 743. The maximum atomic E-state index is 12.4. The van der Waals surface area contributed by atoms with Crippen LogP contribution in [-0.2, 0) is 11.2 Å². The molecule has 1 unspecified atom stereocenters. The Morgan fingerprint density at radius 3 is 2.23 bits per heavy atom. The van der Waals surface area contributed by atoms with Crippen LogP contribution in [0.3, 0.4) is 0 Å². The van der Waals surface area contributed by atoms with E-state index in [0.29, 0.717) is 0 Å².